The standard InChI is InChI=1S/C27H33N7S2/c1-20-10-5-8-17-34(20)22-18-23(36-26-28-15-9-16-29-26)32-24(31-22)33-25(35)30-19-27(13-6-7-14-27)21-11-3-2-4-12-21/h2-4,9,11-12,15-16,18,20H,5-8,10,13-14,17,19H2,1H3,(H2,30,31,32,33,35)/t20-/m0/s1. The van der Waals surface area contributed by atoms with Crippen LogP contribution in [0.4, 0.5) is 11.8 Å². The van der Waals surface area contributed by atoms with Crippen molar-refractivity contribution in [3.05, 3.63) is 60.4 Å². The average Bonchev–Trinajstić information content (AvgIpc) is 3.39. The second-order valence-corrected chi connectivity index (χ2v) is 11.1. The normalized spacial score (nSPS) is 19.1. The van der Waals surface area contributed by atoms with Gasteiger partial charge in [-0.2, -0.15) is 4.98 Å². The number of anilines is 2. The summed E-state index contributed by atoms with van der Waals surface area (Å²) in [5.74, 6) is 1.42. The third-order valence-corrected chi connectivity index (χ3v) is 8.34. The third kappa shape index (κ3) is 5.95. The van der Waals surface area contributed by atoms with Gasteiger partial charge in [0, 0.05) is 43.0 Å². The summed E-state index contributed by atoms with van der Waals surface area (Å²) >= 11 is 7.15. The Morgan fingerprint density at radius 2 is 1.83 bits per heavy atom. The third-order valence-electron chi connectivity index (χ3n) is 7.28. The highest BCUT2D eigenvalue weighted by Gasteiger charge is 2.35. The van der Waals surface area contributed by atoms with Crippen LogP contribution in [-0.4, -0.2) is 44.2 Å². The molecular formula is C27H33N7S2. The van der Waals surface area contributed by atoms with Gasteiger partial charge in [0.05, 0.1) is 0 Å². The second kappa shape index (κ2) is 11.5. The molecule has 0 bridgehead atoms. The predicted octanol–water partition coefficient (Wildman–Crippen LogP) is 5.60. The summed E-state index contributed by atoms with van der Waals surface area (Å²) in [6, 6.07) is 15.1. The van der Waals surface area contributed by atoms with Crippen molar-refractivity contribution in [3.63, 3.8) is 0 Å². The molecule has 1 aliphatic carbocycles. The Labute approximate surface area is 222 Å². The van der Waals surface area contributed by atoms with E-state index in [4.69, 9.17) is 22.2 Å². The summed E-state index contributed by atoms with van der Waals surface area (Å²) in [6.07, 6.45) is 11.9. The van der Waals surface area contributed by atoms with Gasteiger partial charge in [0.2, 0.25) is 5.95 Å². The Balaban J connectivity index is 1.33. The quantitative estimate of drug-likeness (QED) is 0.236. The Kier molecular flexibility index (Phi) is 7.96. The van der Waals surface area contributed by atoms with E-state index in [0.29, 0.717) is 22.3 Å². The lowest BCUT2D eigenvalue weighted by Crippen LogP contribution is -2.41. The topological polar surface area (TPSA) is 78.9 Å². The monoisotopic (exact) mass is 519 g/mol. The lowest BCUT2D eigenvalue weighted by molar-refractivity contribution is 0.435. The van der Waals surface area contributed by atoms with Crippen molar-refractivity contribution in [2.24, 2.45) is 0 Å². The first-order valence-electron chi connectivity index (χ1n) is 12.8. The SMILES string of the molecule is C[C@H]1CCCCN1c1cc(Sc2ncccn2)nc(NC(=S)NCC2(c3ccccc3)CCCC2)n1. The number of rotatable bonds is 7. The number of hydrogen-bond acceptors (Lipinski definition) is 7. The number of nitrogens with zero attached hydrogens (tertiary/aromatic N) is 5. The van der Waals surface area contributed by atoms with E-state index in [1.165, 1.54) is 62.3 Å². The molecule has 3 aromatic rings. The zero-order chi connectivity index (χ0) is 24.8. The number of nitrogens with one attached hydrogen (secondary N) is 2. The molecule has 36 heavy (non-hydrogen) atoms. The van der Waals surface area contributed by atoms with E-state index >= 15 is 0 Å². The molecule has 0 amide bonds. The molecule has 9 heteroatoms. The van der Waals surface area contributed by atoms with Crippen molar-refractivity contribution < 1.29 is 0 Å². The number of hydrogen-bond donors (Lipinski definition) is 2. The van der Waals surface area contributed by atoms with Crippen LogP contribution < -0.4 is 15.5 Å². The Bertz CT molecular complexity index is 1150. The van der Waals surface area contributed by atoms with Gasteiger partial charge >= 0.3 is 0 Å². The van der Waals surface area contributed by atoms with Crippen LogP contribution in [-0.2, 0) is 5.41 Å². The van der Waals surface area contributed by atoms with E-state index in [0.717, 1.165) is 23.9 Å². The van der Waals surface area contributed by atoms with Crippen LogP contribution in [0.15, 0.2) is 65.0 Å². The van der Waals surface area contributed by atoms with E-state index in [-0.39, 0.29) is 5.41 Å². The van der Waals surface area contributed by atoms with Gasteiger partial charge in [0.1, 0.15) is 10.8 Å². The molecule has 2 N–H and O–H groups in total. The maximum absolute atomic E-state index is 5.72. The fraction of sp³-hybridized carbons (Fsp3) is 0.444. The highest BCUT2D eigenvalue weighted by molar-refractivity contribution is 7.99. The Morgan fingerprint density at radius 1 is 1.06 bits per heavy atom. The van der Waals surface area contributed by atoms with Crippen LogP contribution >= 0.6 is 24.0 Å². The molecule has 3 heterocycles. The fourth-order valence-electron chi connectivity index (χ4n) is 5.34. The maximum Gasteiger partial charge on any atom is 0.232 e. The molecule has 1 aromatic carbocycles. The highest BCUT2D eigenvalue weighted by atomic mass is 32.2. The van der Waals surface area contributed by atoms with E-state index in [9.17, 15) is 0 Å². The van der Waals surface area contributed by atoms with Crippen LogP contribution in [0.2, 0.25) is 0 Å². The summed E-state index contributed by atoms with van der Waals surface area (Å²) < 4.78 is 0. The lowest BCUT2D eigenvalue weighted by Gasteiger charge is -2.34. The molecule has 1 saturated heterocycles. The summed E-state index contributed by atoms with van der Waals surface area (Å²) in [7, 11) is 0. The number of aromatic nitrogens is 4. The molecule has 1 atom stereocenters. The van der Waals surface area contributed by atoms with E-state index in [2.05, 4.69) is 62.8 Å². The molecule has 0 unspecified atom stereocenters. The number of piperidine rings is 1. The summed E-state index contributed by atoms with van der Waals surface area (Å²) in [5.41, 5.74) is 1.50. The zero-order valence-electron chi connectivity index (χ0n) is 20.7. The van der Waals surface area contributed by atoms with Crippen molar-refractivity contribution in [1.82, 2.24) is 25.3 Å². The van der Waals surface area contributed by atoms with E-state index in [1.54, 1.807) is 12.4 Å². The van der Waals surface area contributed by atoms with Crippen LogP contribution in [0.25, 0.3) is 0 Å². The predicted molar refractivity (Wildman–Crippen MR) is 150 cm³/mol. The van der Waals surface area contributed by atoms with Crippen LogP contribution in [0, 0.1) is 0 Å². The van der Waals surface area contributed by atoms with Gasteiger partial charge in [0.25, 0.3) is 0 Å². The summed E-state index contributed by atoms with van der Waals surface area (Å²) in [6.45, 7) is 4.05. The van der Waals surface area contributed by atoms with Gasteiger partial charge < -0.3 is 15.5 Å². The molecule has 2 aromatic heterocycles. The minimum absolute atomic E-state index is 0.116. The Morgan fingerprint density at radius 3 is 2.58 bits per heavy atom. The van der Waals surface area contributed by atoms with Gasteiger partial charge in [0.15, 0.2) is 10.3 Å². The van der Waals surface area contributed by atoms with Crippen LogP contribution in [0.1, 0.15) is 57.4 Å². The molecule has 1 aliphatic heterocycles. The summed E-state index contributed by atoms with van der Waals surface area (Å²) in [4.78, 5) is 20.7. The number of benzene rings is 1. The van der Waals surface area contributed by atoms with E-state index < -0.39 is 0 Å². The van der Waals surface area contributed by atoms with Crippen LogP contribution in [0.3, 0.4) is 0 Å². The lowest BCUT2D eigenvalue weighted by atomic mass is 9.79. The Hall–Kier alpha value is -2.78. The van der Waals surface area contributed by atoms with Gasteiger partial charge in [-0.3, -0.25) is 0 Å². The van der Waals surface area contributed by atoms with Crippen molar-refractivity contribution >= 4 is 40.9 Å². The molecular weight excluding hydrogens is 486 g/mol. The van der Waals surface area contributed by atoms with Crippen molar-refractivity contribution in [1.29, 1.82) is 0 Å². The highest BCUT2D eigenvalue weighted by Crippen LogP contribution is 2.40. The molecule has 0 spiro atoms. The van der Waals surface area contributed by atoms with Crippen molar-refractivity contribution in [3.8, 4) is 0 Å². The fourth-order valence-corrected chi connectivity index (χ4v) is 6.22. The smallest absolute Gasteiger partial charge is 0.232 e. The molecule has 2 fully saturated rings. The molecule has 5 rings (SSSR count). The average molecular weight is 520 g/mol. The first-order valence-corrected chi connectivity index (χ1v) is 14.0. The molecule has 0 radical (unpaired) electrons. The van der Waals surface area contributed by atoms with E-state index in [1.807, 2.05) is 12.1 Å². The van der Waals surface area contributed by atoms with Crippen molar-refractivity contribution in [2.75, 3.05) is 23.3 Å². The second-order valence-electron chi connectivity index (χ2n) is 9.72. The maximum atomic E-state index is 5.72. The first kappa shape index (κ1) is 24.9. The van der Waals surface area contributed by atoms with Gasteiger partial charge in [-0.15, -0.1) is 0 Å². The molecule has 1 saturated carbocycles. The first-order chi connectivity index (χ1) is 17.6. The summed E-state index contributed by atoms with van der Waals surface area (Å²) in [5, 5.41) is 8.76. The van der Waals surface area contributed by atoms with Crippen LogP contribution in [0.5, 0.6) is 0 Å². The van der Waals surface area contributed by atoms with Gasteiger partial charge in [-0.25, -0.2) is 15.0 Å². The van der Waals surface area contributed by atoms with Crippen molar-refractivity contribution in [2.45, 2.75) is 73.5 Å². The molecule has 7 nitrogen and oxygen atoms in total. The van der Waals surface area contributed by atoms with Gasteiger partial charge in [-0.1, -0.05) is 43.2 Å². The van der Waals surface area contributed by atoms with Gasteiger partial charge in [-0.05, 0) is 74.6 Å². The number of thiocarbonyl (C=S) groups is 1. The molecule has 188 valence electrons. The largest absolute Gasteiger partial charge is 0.361 e. The minimum Gasteiger partial charge on any atom is -0.361 e. The minimum atomic E-state index is 0.116. The zero-order valence-corrected chi connectivity index (χ0v) is 22.3. The molecule has 2 aliphatic rings.